The average Bonchev–Trinajstić information content (AvgIpc) is 2.29. The van der Waals surface area contributed by atoms with Gasteiger partial charge in [0.05, 0.1) is 5.84 Å². The molecule has 1 aliphatic rings. The lowest BCUT2D eigenvalue weighted by Gasteiger charge is -2.36. The van der Waals surface area contributed by atoms with Crippen LogP contribution < -0.4 is 4.90 Å². The lowest BCUT2D eigenvalue weighted by molar-refractivity contribution is 0.382. The van der Waals surface area contributed by atoms with Crippen molar-refractivity contribution in [2.75, 3.05) is 31.1 Å². The SMILES string of the molecule is CC(=N)N1CCN(c2cccc(Cl)c2)CC1. The molecule has 0 bridgehead atoms. The fourth-order valence-corrected chi connectivity index (χ4v) is 2.16. The Hall–Kier alpha value is -1.22. The second-order valence-corrected chi connectivity index (χ2v) is 4.48. The smallest absolute Gasteiger partial charge is 0.0927 e. The van der Waals surface area contributed by atoms with E-state index in [-0.39, 0.29) is 0 Å². The van der Waals surface area contributed by atoms with E-state index in [0.717, 1.165) is 31.2 Å². The van der Waals surface area contributed by atoms with Crippen molar-refractivity contribution in [2.45, 2.75) is 6.92 Å². The number of benzene rings is 1. The summed E-state index contributed by atoms with van der Waals surface area (Å²) in [5.74, 6) is 0.658. The molecule has 1 heterocycles. The van der Waals surface area contributed by atoms with Crippen LogP contribution in [0.3, 0.4) is 0 Å². The number of piperazine rings is 1. The Kier molecular flexibility index (Phi) is 3.34. The fraction of sp³-hybridized carbons (Fsp3) is 0.417. The Balaban J connectivity index is 2.01. The quantitative estimate of drug-likeness (QED) is 0.601. The summed E-state index contributed by atoms with van der Waals surface area (Å²) in [6.45, 7) is 5.59. The molecule has 0 unspecified atom stereocenters. The molecule has 0 spiro atoms. The number of rotatable bonds is 1. The Labute approximate surface area is 101 Å². The van der Waals surface area contributed by atoms with Crippen molar-refractivity contribution in [1.82, 2.24) is 4.90 Å². The maximum Gasteiger partial charge on any atom is 0.0927 e. The molecular formula is C12H16ClN3. The molecule has 0 aromatic heterocycles. The minimum atomic E-state index is 0.658. The first-order valence-corrected chi connectivity index (χ1v) is 5.85. The molecule has 0 radical (unpaired) electrons. The second kappa shape index (κ2) is 4.74. The molecule has 86 valence electrons. The molecule has 1 aliphatic heterocycles. The summed E-state index contributed by atoms with van der Waals surface area (Å²) >= 11 is 5.97. The molecule has 0 atom stereocenters. The van der Waals surface area contributed by atoms with Crippen LogP contribution in [0.4, 0.5) is 5.69 Å². The van der Waals surface area contributed by atoms with E-state index >= 15 is 0 Å². The lowest BCUT2D eigenvalue weighted by atomic mass is 10.2. The highest BCUT2D eigenvalue weighted by Crippen LogP contribution is 2.20. The molecule has 16 heavy (non-hydrogen) atoms. The van der Waals surface area contributed by atoms with E-state index in [9.17, 15) is 0 Å². The number of nitrogens with one attached hydrogen (secondary N) is 1. The Morgan fingerprint density at radius 1 is 1.25 bits per heavy atom. The first-order chi connectivity index (χ1) is 7.66. The van der Waals surface area contributed by atoms with Crippen molar-refractivity contribution in [3.8, 4) is 0 Å². The molecule has 0 aliphatic carbocycles. The summed E-state index contributed by atoms with van der Waals surface area (Å²) in [6, 6.07) is 7.95. The van der Waals surface area contributed by atoms with Gasteiger partial charge in [0.2, 0.25) is 0 Å². The summed E-state index contributed by atoms with van der Waals surface area (Å²) in [7, 11) is 0. The highest BCUT2D eigenvalue weighted by molar-refractivity contribution is 6.30. The molecule has 0 amide bonds. The molecule has 0 saturated carbocycles. The predicted octanol–water partition coefficient (Wildman–Crippen LogP) is 2.46. The van der Waals surface area contributed by atoms with E-state index in [0.29, 0.717) is 5.84 Å². The van der Waals surface area contributed by atoms with Gasteiger partial charge in [-0.1, -0.05) is 17.7 Å². The first kappa shape index (κ1) is 11.3. The zero-order valence-corrected chi connectivity index (χ0v) is 10.2. The zero-order chi connectivity index (χ0) is 11.5. The molecule has 1 saturated heterocycles. The van der Waals surface area contributed by atoms with Crippen LogP contribution in [0, 0.1) is 5.41 Å². The molecular weight excluding hydrogens is 222 g/mol. The number of amidine groups is 1. The minimum absolute atomic E-state index is 0.658. The van der Waals surface area contributed by atoms with Crippen molar-refractivity contribution in [1.29, 1.82) is 5.41 Å². The number of anilines is 1. The molecule has 2 rings (SSSR count). The number of nitrogens with zero attached hydrogens (tertiary/aromatic N) is 2. The van der Waals surface area contributed by atoms with E-state index in [1.807, 2.05) is 25.1 Å². The summed E-state index contributed by atoms with van der Waals surface area (Å²) in [5, 5.41) is 8.36. The molecule has 3 nitrogen and oxygen atoms in total. The van der Waals surface area contributed by atoms with Crippen LogP contribution in [0.5, 0.6) is 0 Å². The zero-order valence-electron chi connectivity index (χ0n) is 9.41. The predicted molar refractivity (Wildman–Crippen MR) is 68.6 cm³/mol. The van der Waals surface area contributed by atoms with Gasteiger partial charge in [-0.25, -0.2) is 0 Å². The van der Waals surface area contributed by atoms with Gasteiger partial charge in [0.15, 0.2) is 0 Å². The average molecular weight is 238 g/mol. The number of hydrogen-bond acceptors (Lipinski definition) is 2. The van der Waals surface area contributed by atoms with Crippen LogP contribution in [0.15, 0.2) is 24.3 Å². The van der Waals surface area contributed by atoms with E-state index in [1.165, 1.54) is 5.69 Å². The highest BCUT2D eigenvalue weighted by atomic mass is 35.5. The van der Waals surface area contributed by atoms with Crippen LogP contribution in [0.25, 0.3) is 0 Å². The van der Waals surface area contributed by atoms with E-state index in [1.54, 1.807) is 0 Å². The minimum Gasteiger partial charge on any atom is -0.368 e. The third-order valence-electron chi connectivity index (χ3n) is 2.93. The topological polar surface area (TPSA) is 30.3 Å². The molecule has 4 heteroatoms. The van der Waals surface area contributed by atoms with Crippen LogP contribution >= 0.6 is 11.6 Å². The van der Waals surface area contributed by atoms with E-state index in [2.05, 4.69) is 15.9 Å². The molecule has 1 fully saturated rings. The van der Waals surface area contributed by atoms with E-state index in [4.69, 9.17) is 17.0 Å². The van der Waals surface area contributed by atoms with Gasteiger partial charge < -0.3 is 9.80 Å². The second-order valence-electron chi connectivity index (χ2n) is 4.04. The van der Waals surface area contributed by atoms with E-state index < -0.39 is 0 Å². The van der Waals surface area contributed by atoms with Gasteiger partial charge in [-0.15, -0.1) is 0 Å². The lowest BCUT2D eigenvalue weighted by Crippen LogP contribution is -2.47. The van der Waals surface area contributed by atoms with Crippen molar-refractivity contribution >= 4 is 23.1 Å². The maximum atomic E-state index is 7.58. The Morgan fingerprint density at radius 3 is 2.50 bits per heavy atom. The fourth-order valence-electron chi connectivity index (χ4n) is 1.97. The van der Waals surface area contributed by atoms with Gasteiger partial charge in [0, 0.05) is 36.9 Å². The standard InChI is InChI=1S/C12H16ClN3/c1-10(14)15-5-7-16(8-6-15)12-4-2-3-11(13)9-12/h2-4,9,14H,5-8H2,1H3. The van der Waals surface area contributed by atoms with Gasteiger partial charge in [0.1, 0.15) is 0 Å². The molecule has 1 aromatic carbocycles. The van der Waals surface area contributed by atoms with Gasteiger partial charge in [0.25, 0.3) is 0 Å². The summed E-state index contributed by atoms with van der Waals surface area (Å²) in [6.07, 6.45) is 0. The van der Waals surface area contributed by atoms with Gasteiger partial charge in [-0.05, 0) is 25.1 Å². The maximum absolute atomic E-state index is 7.58. The molecule has 1 aromatic rings. The Bertz CT molecular complexity index is 384. The normalized spacial score (nSPS) is 16.4. The van der Waals surface area contributed by atoms with Crippen molar-refractivity contribution in [3.05, 3.63) is 29.3 Å². The van der Waals surface area contributed by atoms with Gasteiger partial charge in [-0.2, -0.15) is 0 Å². The van der Waals surface area contributed by atoms with Crippen LogP contribution in [0.2, 0.25) is 5.02 Å². The largest absolute Gasteiger partial charge is 0.368 e. The monoisotopic (exact) mass is 237 g/mol. The first-order valence-electron chi connectivity index (χ1n) is 5.47. The number of halogens is 1. The summed E-state index contributed by atoms with van der Waals surface area (Å²) in [5.41, 5.74) is 1.18. The van der Waals surface area contributed by atoms with Gasteiger partial charge in [-0.3, -0.25) is 5.41 Å². The Morgan fingerprint density at radius 2 is 1.94 bits per heavy atom. The third kappa shape index (κ3) is 2.47. The van der Waals surface area contributed by atoms with Crippen LogP contribution in [-0.4, -0.2) is 36.9 Å². The van der Waals surface area contributed by atoms with Crippen LogP contribution in [0.1, 0.15) is 6.92 Å². The summed E-state index contributed by atoms with van der Waals surface area (Å²) in [4.78, 5) is 4.41. The van der Waals surface area contributed by atoms with Crippen molar-refractivity contribution in [2.24, 2.45) is 0 Å². The van der Waals surface area contributed by atoms with Crippen LogP contribution in [-0.2, 0) is 0 Å². The third-order valence-corrected chi connectivity index (χ3v) is 3.16. The van der Waals surface area contributed by atoms with Crippen molar-refractivity contribution < 1.29 is 0 Å². The van der Waals surface area contributed by atoms with Gasteiger partial charge >= 0.3 is 0 Å². The highest BCUT2D eigenvalue weighted by Gasteiger charge is 2.17. The summed E-state index contributed by atoms with van der Waals surface area (Å²) < 4.78 is 0. The molecule has 1 N–H and O–H groups in total. The number of hydrogen-bond donors (Lipinski definition) is 1. The van der Waals surface area contributed by atoms with Crippen molar-refractivity contribution in [3.63, 3.8) is 0 Å².